The van der Waals surface area contributed by atoms with E-state index in [1.807, 2.05) is 0 Å². The van der Waals surface area contributed by atoms with Crippen LogP contribution in [0.25, 0.3) is 0 Å². The van der Waals surface area contributed by atoms with Gasteiger partial charge in [-0.25, -0.2) is 0 Å². The predicted molar refractivity (Wildman–Crippen MR) is 100 cm³/mol. The summed E-state index contributed by atoms with van der Waals surface area (Å²) < 4.78 is 0. The van der Waals surface area contributed by atoms with Gasteiger partial charge >= 0.3 is 0 Å². The summed E-state index contributed by atoms with van der Waals surface area (Å²) in [6.07, 6.45) is 4.37. The van der Waals surface area contributed by atoms with E-state index in [0.717, 1.165) is 6.67 Å². The summed E-state index contributed by atoms with van der Waals surface area (Å²) in [6.45, 7) is 14.1. The molecule has 1 heterocycles. The second-order valence-electron chi connectivity index (χ2n) is 6.68. The van der Waals surface area contributed by atoms with Crippen LogP contribution in [0.4, 0.5) is 11.4 Å². The first-order chi connectivity index (χ1) is 10.9. The molecule has 23 heavy (non-hydrogen) atoms. The molecule has 2 nitrogen and oxygen atoms in total. The summed E-state index contributed by atoms with van der Waals surface area (Å²) in [6, 6.07) is 8.91. The Bertz CT molecular complexity index is 721. The van der Waals surface area contributed by atoms with E-state index >= 15 is 0 Å². The maximum atomic E-state index is 2.33. The van der Waals surface area contributed by atoms with Gasteiger partial charge in [0.2, 0.25) is 0 Å². The van der Waals surface area contributed by atoms with Gasteiger partial charge in [-0.2, -0.15) is 0 Å². The van der Waals surface area contributed by atoms with E-state index in [1.165, 1.54) is 44.8 Å². The number of hydrogen-bond donors (Lipinski definition) is 0. The molecule has 2 aromatic carbocycles. The van der Waals surface area contributed by atoms with Crippen LogP contribution in [0.3, 0.4) is 0 Å². The second-order valence-corrected chi connectivity index (χ2v) is 6.68. The molecule has 0 N–H and O–H groups in total. The fourth-order valence-corrected chi connectivity index (χ4v) is 3.24. The number of rotatable bonds is 2. The molecule has 0 saturated carbocycles. The number of aryl methyl sites for hydroxylation is 2. The number of hydrogen-bond acceptors (Lipinski definition) is 2. The Labute approximate surface area is 140 Å². The smallest absolute Gasteiger partial charge is 0.0989 e. The maximum absolute atomic E-state index is 2.33. The topological polar surface area (TPSA) is 6.48 Å². The van der Waals surface area contributed by atoms with Crippen molar-refractivity contribution in [3.05, 3.63) is 70.0 Å². The van der Waals surface area contributed by atoms with Gasteiger partial charge < -0.3 is 9.80 Å². The molecule has 2 aromatic rings. The highest BCUT2D eigenvalue weighted by Crippen LogP contribution is 2.32. The van der Waals surface area contributed by atoms with Crippen LogP contribution in [-0.4, -0.2) is 6.67 Å². The Hall–Kier alpha value is -2.22. The number of nitrogens with zero attached hydrogens (tertiary/aromatic N) is 2. The van der Waals surface area contributed by atoms with Crippen LogP contribution in [0.5, 0.6) is 0 Å². The molecular formula is C21H26N2. The molecule has 0 saturated heterocycles. The zero-order valence-corrected chi connectivity index (χ0v) is 15.1. The molecule has 1 aliphatic rings. The Morgan fingerprint density at radius 2 is 0.957 bits per heavy atom. The molecule has 3 rings (SSSR count). The predicted octanol–water partition coefficient (Wildman–Crippen LogP) is 5.29. The SMILES string of the molecule is Cc1ccc(N2C=CN(c3ccc(C)c(C)c3C)C2)c(C)c1C. The van der Waals surface area contributed by atoms with Gasteiger partial charge in [-0.15, -0.1) is 0 Å². The molecule has 0 unspecified atom stereocenters. The third-order valence-electron chi connectivity index (χ3n) is 5.41. The Morgan fingerprint density at radius 1 is 0.565 bits per heavy atom. The van der Waals surface area contributed by atoms with Crippen LogP contribution in [0, 0.1) is 41.5 Å². The van der Waals surface area contributed by atoms with Crippen molar-refractivity contribution in [2.45, 2.75) is 41.5 Å². The molecule has 0 amide bonds. The minimum absolute atomic E-state index is 0.868. The standard InChI is InChI=1S/C21H26N2/c1-14-7-9-20(18(5)16(14)3)22-11-12-23(13-22)21-10-8-15(2)17(4)19(21)6/h7-12H,13H2,1-6H3. The van der Waals surface area contributed by atoms with E-state index in [4.69, 9.17) is 0 Å². The molecular weight excluding hydrogens is 280 g/mol. The maximum Gasteiger partial charge on any atom is 0.0989 e. The third kappa shape index (κ3) is 2.63. The lowest BCUT2D eigenvalue weighted by Crippen LogP contribution is -2.26. The quantitative estimate of drug-likeness (QED) is 0.743. The van der Waals surface area contributed by atoms with Gasteiger partial charge in [-0.3, -0.25) is 0 Å². The fraction of sp³-hybridized carbons (Fsp3) is 0.333. The zero-order chi connectivity index (χ0) is 16.7. The zero-order valence-electron chi connectivity index (χ0n) is 15.1. The Balaban J connectivity index is 1.90. The average molecular weight is 306 g/mol. The monoisotopic (exact) mass is 306 g/mol. The molecule has 0 aliphatic carbocycles. The first kappa shape index (κ1) is 15.7. The van der Waals surface area contributed by atoms with Crippen LogP contribution in [-0.2, 0) is 0 Å². The van der Waals surface area contributed by atoms with Crippen LogP contribution in [0.15, 0.2) is 36.7 Å². The highest BCUT2D eigenvalue weighted by atomic mass is 15.3. The second kappa shape index (κ2) is 5.77. The molecule has 2 heteroatoms. The van der Waals surface area contributed by atoms with Gasteiger partial charge in [0.05, 0.1) is 6.67 Å². The van der Waals surface area contributed by atoms with E-state index < -0.39 is 0 Å². The highest BCUT2D eigenvalue weighted by molar-refractivity contribution is 5.66. The minimum atomic E-state index is 0.868. The van der Waals surface area contributed by atoms with Crippen molar-refractivity contribution >= 4 is 11.4 Å². The van der Waals surface area contributed by atoms with E-state index in [0.29, 0.717) is 0 Å². The van der Waals surface area contributed by atoms with Crippen LogP contribution in [0.2, 0.25) is 0 Å². The summed E-state index contributed by atoms with van der Waals surface area (Å²) in [4.78, 5) is 4.66. The lowest BCUT2D eigenvalue weighted by molar-refractivity contribution is 0.960. The van der Waals surface area contributed by atoms with Crippen molar-refractivity contribution in [3.63, 3.8) is 0 Å². The normalized spacial score (nSPS) is 14.0. The van der Waals surface area contributed by atoms with Gasteiger partial charge in [-0.05, 0) is 87.1 Å². The summed E-state index contributed by atoms with van der Waals surface area (Å²) >= 11 is 0. The van der Waals surface area contributed by atoms with E-state index in [2.05, 4.69) is 88.0 Å². The molecule has 120 valence electrons. The fourth-order valence-electron chi connectivity index (χ4n) is 3.24. The Morgan fingerprint density at radius 3 is 1.35 bits per heavy atom. The van der Waals surface area contributed by atoms with E-state index in [1.54, 1.807) is 0 Å². The van der Waals surface area contributed by atoms with E-state index in [-0.39, 0.29) is 0 Å². The lowest BCUT2D eigenvalue weighted by Gasteiger charge is -2.25. The van der Waals surface area contributed by atoms with Crippen molar-refractivity contribution in [2.24, 2.45) is 0 Å². The lowest BCUT2D eigenvalue weighted by atomic mass is 10.0. The average Bonchev–Trinajstić information content (AvgIpc) is 3.00. The first-order valence-electron chi connectivity index (χ1n) is 8.25. The van der Waals surface area contributed by atoms with Gasteiger partial charge in [-0.1, -0.05) is 12.1 Å². The first-order valence-corrected chi connectivity index (χ1v) is 8.25. The van der Waals surface area contributed by atoms with E-state index in [9.17, 15) is 0 Å². The van der Waals surface area contributed by atoms with Gasteiger partial charge in [0, 0.05) is 23.8 Å². The van der Waals surface area contributed by atoms with Crippen LogP contribution < -0.4 is 9.80 Å². The molecule has 0 spiro atoms. The van der Waals surface area contributed by atoms with Gasteiger partial charge in [0.25, 0.3) is 0 Å². The summed E-state index contributed by atoms with van der Waals surface area (Å²) in [7, 11) is 0. The van der Waals surface area contributed by atoms with Crippen LogP contribution >= 0.6 is 0 Å². The highest BCUT2D eigenvalue weighted by Gasteiger charge is 2.19. The van der Waals surface area contributed by atoms with Crippen molar-refractivity contribution in [3.8, 4) is 0 Å². The molecule has 0 atom stereocenters. The number of benzene rings is 2. The largest absolute Gasteiger partial charge is 0.328 e. The van der Waals surface area contributed by atoms with Crippen molar-refractivity contribution < 1.29 is 0 Å². The Kier molecular flexibility index (Phi) is 3.93. The number of anilines is 2. The molecule has 0 radical (unpaired) electrons. The molecule has 0 fully saturated rings. The van der Waals surface area contributed by atoms with Gasteiger partial charge in [0.15, 0.2) is 0 Å². The van der Waals surface area contributed by atoms with Crippen molar-refractivity contribution in [2.75, 3.05) is 16.5 Å². The summed E-state index contributed by atoms with van der Waals surface area (Å²) in [5, 5.41) is 0. The summed E-state index contributed by atoms with van der Waals surface area (Å²) in [5.74, 6) is 0. The van der Waals surface area contributed by atoms with Crippen molar-refractivity contribution in [1.82, 2.24) is 0 Å². The summed E-state index contributed by atoms with van der Waals surface area (Å²) in [5.41, 5.74) is 10.8. The molecule has 0 bridgehead atoms. The molecule has 0 aromatic heterocycles. The van der Waals surface area contributed by atoms with Crippen LogP contribution in [0.1, 0.15) is 33.4 Å². The third-order valence-corrected chi connectivity index (χ3v) is 5.41. The molecule has 1 aliphatic heterocycles. The van der Waals surface area contributed by atoms with Gasteiger partial charge in [0.1, 0.15) is 0 Å². The van der Waals surface area contributed by atoms with Crippen molar-refractivity contribution in [1.29, 1.82) is 0 Å². The minimum Gasteiger partial charge on any atom is -0.328 e.